The zero-order valence-corrected chi connectivity index (χ0v) is 22.3. The van der Waals surface area contributed by atoms with E-state index in [9.17, 15) is 40.6 Å². The predicted octanol–water partition coefficient (Wildman–Crippen LogP) is 6.67. The van der Waals surface area contributed by atoms with Crippen molar-refractivity contribution in [1.82, 2.24) is 4.90 Å². The number of aliphatic carboxylic acids is 1. The topological polar surface area (TPSA) is 68.2 Å². The highest BCUT2D eigenvalue weighted by Crippen LogP contribution is 2.37. The summed E-state index contributed by atoms with van der Waals surface area (Å²) in [7, 11) is 0. The summed E-state index contributed by atoms with van der Waals surface area (Å²) in [6, 6.07) is 4.68. The first-order valence-corrected chi connectivity index (χ1v) is 12.1. The second-order valence-corrected chi connectivity index (χ2v) is 9.35. The van der Waals surface area contributed by atoms with Crippen LogP contribution in [-0.4, -0.2) is 54.5 Å². The lowest BCUT2D eigenvalue weighted by Gasteiger charge is -2.28. The van der Waals surface area contributed by atoms with E-state index in [4.69, 9.17) is 9.47 Å². The molecule has 4 rings (SSSR count). The molecule has 0 aliphatic carbocycles. The van der Waals surface area contributed by atoms with Crippen LogP contribution in [0.1, 0.15) is 30.0 Å². The van der Waals surface area contributed by atoms with Gasteiger partial charge in [0.15, 0.2) is 6.10 Å². The van der Waals surface area contributed by atoms with Crippen molar-refractivity contribution >= 4 is 24.5 Å². The lowest BCUT2D eigenvalue weighted by Crippen LogP contribution is -2.35. The van der Waals surface area contributed by atoms with E-state index in [2.05, 4.69) is 4.74 Å². The van der Waals surface area contributed by atoms with Crippen molar-refractivity contribution in [3.63, 3.8) is 0 Å². The molecular weight excluding hydrogens is 587 g/mol. The number of benzene rings is 2. The number of carboxylic acids is 1. The van der Waals surface area contributed by atoms with Gasteiger partial charge in [-0.15, -0.1) is 12.4 Å². The van der Waals surface area contributed by atoms with E-state index in [0.29, 0.717) is 38.1 Å². The molecule has 0 aromatic heterocycles. The van der Waals surface area contributed by atoms with Crippen LogP contribution in [0.5, 0.6) is 17.2 Å². The van der Waals surface area contributed by atoms with Gasteiger partial charge in [-0.3, -0.25) is 4.90 Å². The molecular formula is C27H25ClF7NO5. The highest BCUT2D eigenvalue weighted by atomic mass is 35.5. The molecule has 2 aliphatic heterocycles. The number of fused-ring (bicyclic) bond motifs is 1. The normalized spacial score (nSPS) is 16.4. The maximum absolute atomic E-state index is 14.9. The Labute approximate surface area is 236 Å². The second kappa shape index (κ2) is 12.6. The molecule has 0 saturated carbocycles. The van der Waals surface area contributed by atoms with Gasteiger partial charge in [-0.25, -0.2) is 9.18 Å². The van der Waals surface area contributed by atoms with E-state index in [1.807, 2.05) is 4.90 Å². The molecule has 1 atom stereocenters. The van der Waals surface area contributed by atoms with E-state index in [1.165, 1.54) is 6.07 Å². The van der Waals surface area contributed by atoms with E-state index in [0.717, 1.165) is 18.2 Å². The van der Waals surface area contributed by atoms with Crippen LogP contribution in [0.2, 0.25) is 0 Å². The van der Waals surface area contributed by atoms with Crippen molar-refractivity contribution in [2.75, 3.05) is 26.2 Å². The lowest BCUT2D eigenvalue weighted by molar-refractivity contribution is -0.189. The van der Waals surface area contributed by atoms with Gasteiger partial charge < -0.3 is 19.3 Å². The Morgan fingerprint density at radius 2 is 1.85 bits per heavy atom. The number of carboxylic acid groups (broad SMARTS) is 1. The van der Waals surface area contributed by atoms with Crippen molar-refractivity contribution < 1.29 is 54.8 Å². The third-order valence-electron chi connectivity index (χ3n) is 6.31. The number of carbonyl (C=O) groups is 1. The highest BCUT2D eigenvalue weighted by molar-refractivity contribution is 5.87. The molecule has 41 heavy (non-hydrogen) atoms. The van der Waals surface area contributed by atoms with Gasteiger partial charge in [-0.2, -0.15) is 26.3 Å². The van der Waals surface area contributed by atoms with Crippen LogP contribution in [0.4, 0.5) is 30.7 Å². The summed E-state index contributed by atoms with van der Waals surface area (Å²) in [5, 5.41) is 9.20. The quantitative estimate of drug-likeness (QED) is 0.337. The molecule has 2 aromatic rings. The number of rotatable bonds is 8. The maximum Gasteiger partial charge on any atom is 0.425 e. The van der Waals surface area contributed by atoms with Crippen molar-refractivity contribution in [2.24, 2.45) is 0 Å². The minimum atomic E-state index is -4.92. The number of nitrogens with zero attached hydrogens (tertiary/aromatic N) is 1. The van der Waals surface area contributed by atoms with Gasteiger partial charge in [0, 0.05) is 42.9 Å². The summed E-state index contributed by atoms with van der Waals surface area (Å²) < 4.78 is 110. The number of hydrogen-bond donors (Lipinski definition) is 1. The first kappa shape index (κ1) is 32.1. The molecule has 0 amide bonds. The molecule has 1 N–H and O–H groups in total. The maximum atomic E-state index is 14.9. The van der Waals surface area contributed by atoms with Crippen LogP contribution in [0.15, 0.2) is 47.6 Å². The zero-order chi connectivity index (χ0) is 29.2. The summed E-state index contributed by atoms with van der Waals surface area (Å²) >= 11 is 0. The first-order valence-electron chi connectivity index (χ1n) is 12.1. The van der Waals surface area contributed by atoms with Crippen LogP contribution in [0, 0.1) is 5.82 Å². The van der Waals surface area contributed by atoms with Gasteiger partial charge >= 0.3 is 18.3 Å². The fourth-order valence-electron chi connectivity index (χ4n) is 4.25. The lowest BCUT2D eigenvalue weighted by atomic mass is 10.0. The zero-order valence-electron chi connectivity index (χ0n) is 21.4. The molecule has 14 heteroatoms. The van der Waals surface area contributed by atoms with Gasteiger partial charge in [-0.1, -0.05) is 12.1 Å². The largest absolute Gasteiger partial charge is 0.489 e. The highest BCUT2D eigenvalue weighted by Gasteiger charge is 2.39. The summed E-state index contributed by atoms with van der Waals surface area (Å²) in [6.45, 7) is 1.35. The molecule has 0 fully saturated rings. The Balaban J connectivity index is 0.00000462. The molecule has 6 nitrogen and oxygen atoms in total. The van der Waals surface area contributed by atoms with Crippen LogP contribution in [0.25, 0.3) is 6.08 Å². The molecule has 224 valence electrons. The fourth-order valence-corrected chi connectivity index (χ4v) is 4.25. The monoisotopic (exact) mass is 611 g/mol. The van der Waals surface area contributed by atoms with E-state index >= 15 is 0 Å². The molecule has 0 bridgehead atoms. The van der Waals surface area contributed by atoms with Crippen molar-refractivity contribution in [3.8, 4) is 17.2 Å². The Kier molecular flexibility index (Phi) is 9.85. The summed E-state index contributed by atoms with van der Waals surface area (Å²) in [4.78, 5) is 13.1. The van der Waals surface area contributed by atoms with Crippen molar-refractivity contribution in [3.05, 3.63) is 70.1 Å². The third kappa shape index (κ3) is 8.07. The molecule has 0 saturated heterocycles. The predicted molar refractivity (Wildman–Crippen MR) is 136 cm³/mol. The Bertz CT molecular complexity index is 1340. The number of halogens is 8. The van der Waals surface area contributed by atoms with Gasteiger partial charge in [-0.05, 0) is 37.1 Å². The summed E-state index contributed by atoms with van der Waals surface area (Å²) in [6.07, 6.45) is -8.18. The van der Waals surface area contributed by atoms with E-state index in [-0.39, 0.29) is 48.2 Å². The summed E-state index contributed by atoms with van der Waals surface area (Å²) in [5.41, 5.74) is -0.527. The molecule has 0 spiro atoms. The molecule has 0 radical (unpaired) electrons. The number of alkyl halides is 6. The van der Waals surface area contributed by atoms with Gasteiger partial charge in [0.1, 0.15) is 36.3 Å². The Hall–Kier alpha value is -3.45. The number of hydrogen-bond acceptors (Lipinski definition) is 5. The average molecular weight is 612 g/mol. The van der Waals surface area contributed by atoms with Crippen LogP contribution in [-0.2, 0) is 17.6 Å². The molecule has 2 aliphatic rings. The number of ether oxygens (including phenoxy) is 3. The van der Waals surface area contributed by atoms with Crippen LogP contribution in [0.3, 0.4) is 0 Å². The van der Waals surface area contributed by atoms with Crippen LogP contribution < -0.4 is 14.2 Å². The SMILES string of the molecule is C[C@H](Oc1ccc(COc2cc(F)c3c(c2)OCC(CN2CCC=C(C(=O)O)C2)=C3)c(C(F)(F)F)c1)C(F)(F)F.Cl. The second-order valence-electron chi connectivity index (χ2n) is 9.35. The smallest absolute Gasteiger partial charge is 0.425 e. The Morgan fingerprint density at radius 3 is 2.51 bits per heavy atom. The standard InChI is InChI=1S/C27H24F7NO5.ClH/c1-15(26(29,30)31)40-19-5-4-18(22(8-19)27(32,33)34)14-38-20-9-23(28)21-7-16(13-39-24(21)10-20)11-35-6-2-3-17(12-35)25(36)37;/h3-5,7-10,15H,2,6,11-14H2,1H3,(H,36,37);1H/t15-;/m0./s1. The minimum absolute atomic E-state index is 0. The summed E-state index contributed by atoms with van der Waals surface area (Å²) in [5.74, 6) is -2.35. The minimum Gasteiger partial charge on any atom is -0.489 e. The van der Waals surface area contributed by atoms with Crippen LogP contribution >= 0.6 is 12.4 Å². The van der Waals surface area contributed by atoms with Gasteiger partial charge in [0.05, 0.1) is 11.1 Å². The van der Waals surface area contributed by atoms with E-state index < -0.39 is 53.7 Å². The molecule has 2 aromatic carbocycles. The molecule has 2 heterocycles. The fraction of sp³-hybridized carbons (Fsp3) is 0.370. The van der Waals surface area contributed by atoms with Gasteiger partial charge in [0.25, 0.3) is 0 Å². The molecule has 0 unspecified atom stereocenters. The Morgan fingerprint density at radius 1 is 1.12 bits per heavy atom. The third-order valence-corrected chi connectivity index (χ3v) is 6.31. The average Bonchev–Trinajstić information content (AvgIpc) is 2.87. The first-order chi connectivity index (χ1) is 18.7. The van der Waals surface area contributed by atoms with Crippen molar-refractivity contribution in [1.29, 1.82) is 0 Å². The van der Waals surface area contributed by atoms with Crippen molar-refractivity contribution in [2.45, 2.75) is 38.4 Å². The van der Waals surface area contributed by atoms with E-state index in [1.54, 1.807) is 12.2 Å². The van der Waals surface area contributed by atoms with Gasteiger partial charge in [0.2, 0.25) is 0 Å².